The number of rotatable bonds is 7. The number of hydrogen-bond donors (Lipinski definition) is 0. The van der Waals surface area contributed by atoms with E-state index in [4.69, 9.17) is 4.74 Å². The van der Waals surface area contributed by atoms with E-state index in [-0.39, 0.29) is 11.7 Å². The number of benzene rings is 1. The van der Waals surface area contributed by atoms with Crippen LogP contribution in [0.5, 0.6) is 0 Å². The molecule has 0 aliphatic carbocycles. The molecular formula is C24H28N4O2S2. The molecule has 1 atom stereocenters. The summed E-state index contributed by atoms with van der Waals surface area (Å²) in [4.78, 5) is 16.0. The molecule has 0 saturated carbocycles. The monoisotopic (exact) mass is 468 g/mol. The molecule has 0 unspecified atom stereocenters. The number of hydrogen-bond acceptors (Lipinski definition) is 6. The van der Waals surface area contributed by atoms with Crippen molar-refractivity contribution in [3.63, 3.8) is 0 Å². The van der Waals surface area contributed by atoms with Gasteiger partial charge in [0.1, 0.15) is 4.83 Å². The van der Waals surface area contributed by atoms with Gasteiger partial charge in [-0.3, -0.25) is 9.36 Å². The Hall–Kier alpha value is -2.16. The smallest absolute Gasteiger partial charge is 0.264 e. The lowest BCUT2D eigenvalue weighted by Gasteiger charge is -2.26. The van der Waals surface area contributed by atoms with E-state index in [0.29, 0.717) is 24.8 Å². The van der Waals surface area contributed by atoms with E-state index < -0.39 is 0 Å². The summed E-state index contributed by atoms with van der Waals surface area (Å²) in [5.74, 6) is 2.01. The molecular weight excluding hydrogens is 440 g/mol. The molecule has 0 saturated heterocycles. The van der Waals surface area contributed by atoms with Gasteiger partial charge in [-0.2, -0.15) is 0 Å². The molecule has 1 aliphatic rings. The molecule has 3 aromatic heterocycles. The van der Waals surface area contributed by atoms with Crippen molar-refractivity contribution in [3.8, 4) is 0 Å². The second-order valence-electron chi connectivity index (χ2n) is 8.68. The van der Waals surface area contributed by atoms with E-state index in [1.807, 2.05) is 30.3 Å². The number of fused-ring (bicyclic) bond motifs is 5. The number of unbranched alkanes of at least 4 members (excludes halogenated alkanes) is 1. The molecule has 6 nitrogen and oxygen atoms in total. The van der Waals surface area contributed by atoms with Gasteiger partial charge in [-0.05, 0) is 23.5 Å². The minimum absolute atomic E-state index is 0.0239. The van der Waals surface area contributed by atoms with Crippen LogP contribution in [0.15, 0.2) is 40.3 Å². The van der Waals surface area contributed by atoms with Crippen molar-refractivity contribution in [2.45, 2.75) is 64.4 Å². The van der Waals surface area contributed by atoms with Crippen LogP contribution >= 0.6 is 23.1 Å². The zero-order chi connectivity index (χ0) is 22.2. The van der Waals surface area contributed by atoms with Crippen LogP contribution in [0, 0.1) is 5.92 Å². The first kappa shape index (κ1) is 21.7. The largest absolute Gasteiger partial charge is 0.372 e. The standard InChI is InChI=1S/C24H28N4O2S2/c1-4-5-11-31-24-26-25-23-27(13-16-9-7-6-8-10-16)21(29)20-17-12-18(15(2)3)30-14-19(17)32-22(20)28(23)24/h6-10,15,18H,4-5,11-14H2,1-3H3/t18-/m0/s1. The topological polar surface area (TPSA) is 61.4 Å². The van der Waals surface area contributed by atoms with Crippen LogP contribution < -0.4 is 5.56 Å². The van der Waals surface area contributed by atoms with Crippen LogP contribution in [0.25, 0.3) is 16.0 Å². The fourth-order valence-electron chi connectivity index (χ4n) is 4.23. The van der Waals surface area contributed by atoms with Crippen molar-refractivity contribution in [2.75, 3.05) is 5.75 Å². The minimum Gasteiger partial charge on any atom is -0.372 e. The zero-order valence-electron chi connectivity index (χ0n) is 18.7. The molecule has 0 spiro atoms. The molecule has 1 aliphatic heterocycles. The Kier molecular flexibility index (Phi) is 6.09. The maximum absolute atomic E-state index is 13.9. The van der Waals surface area contributed by atoms with Crippen molar-refractivity contribution >= 4 is 39.1 Å². The van der Waals surface area contributed by atoms with Gasteiger partial charge in [0.15, 0.2) is 5.16 Å². The van der Waals surface area contributed by atoms with Crippen LogP contribution in [-0.2, 0) is 24.3 Å². The molecule has 8 heteroatoms. The first-order chi connectivity index (χ1) is 15.6. The van der Waals surface area contributed by atoms with Crippen LogP contribution in [0.4, 0.5) is 0 Å². The Morgan fingerprint density at radius 3 is 2.81 bits per heavy atom. The van der Waals surface area contributed by atoms with Gasteiger partial charge in [0.2, 0.25) is 5.78 Å². The van der Waals surface area contributed by atoms with Crippen molar-refractivity contribution in [1.29, 1.82) is 0 Å². The zero-order valence-corrected chi connectivity index (χ0v) is 20.3. The third-order valence-electron chi connectivity index (χ3n) is 6.08. The quantitative estimate of drug-likeness (QED) is 0.277. The second kappa shape index (κ2) is 9.00. The Morgan fingerprint density at radius 2 is 2.06 bits per heavy atom. The summed E-state index contributed by atoms with van der Waals surface area (Å²) in [5, 5.41) is 10.7. The lowest BCUT2D eigenvalue weighted by molar-refractivity contribution is 0.00200. The summed E-state index contributed by atoms with van der Waals surface area (Å²) in [5.41, 5.74) is 2.25. The van der Waals surface area contributed by atoms with Gasteiger partial charge < -0.3 is 4.74 Å². The second-order valence-corrected chi connectivity index (χ2v) is 10.8. The fraction of sp³-hybridized carbons (Fsp3) is 0.458. The molecule has 168 valence electrons. The van der Waals surface area contributed by atoms with Crippen molar-refractivity contribution in [1.82, 2.24) is 19.2 Å². The van der Waals surface area contributed by atoms with Crippen LogP contribution in [0.2, 0.25) is 0 Å². The third-order valence-corrected chi connectivity index (χ3v) is 8.29. The lowest BCUT2D eigenvalue weighted by atomic mass is 9.96. The molecule has 0 radical (unpaired) electrons. The first-order valence-electron chi connectivity index (χ1n) is 11.3. The molecule has 4 aromatic rings. The summed E-state index contributed by atoms with van der Waals surface area (Å²) in [6, 6.07) is 10.1. The van der Waals surface area contributed by atoms with Gasteiger partial charge in [-0.15, -0.1) is 21.5 Å². The first-order valence-corrected chi connectivity index (χ1v) is 13.1. The minimum atomic E-state index is 0.0239. The SMILES string of the molecule is CCCCSc1nnc2n(Cc3ccccc3)c(=O)c3c4c(sc3n12)CO[C@H](C(C)C)C4. The lowest BCUT2D eigenvalue weighted by Crippen LogP contribution is -2.28. The number of thioether (sulfide) groups is 1. The summed E-state index contributed by atoms with van der Waals surface area (Å²) in [6.07, 6.45) is 3.17. The van der Waals surface area contributed by atoms with Gasteiger partial charge >= 0.3 is 0 Å². The highest BCUT2D eigenvalue weighted by atomic mass is 32.2. The normalized spacial score (nSPS) is 16.3. The fourth-order valence-corrected chi connectivity index (χ4v) is 6.54. The summed E-state index contributed by atoms with van der Waals surface area (Å²) in [7, 11) is 0. The number of thiophene rings is 1. The van der Waals surface area contributed by atoms with E-state index in [0.717, 1.165) is 56.4 Å². The molecule has 0 fully saturated rings. The van der Waals surface area contributed by atoms with Gasteiger partial charge in [0.05, 0.1) is 24.6 Å². The summed E-state index contributed by atoms with van der Waals surface area (Å²) >= 11 is 3.38. The van der Waals surface area contributed by atoms with Crippen LogP contribution in [0.3, 0.4) is 0 Å². The highest BCUT2D eigenvalue weighted by molar-refractivity contribution is 7.99. The van der Waals surface area contributed by atoms with E-state index >= 15 is 0 Å². The van der Waals surface area contributed by atoms with E-state index in [1.165, 1.54) is 0 Å². The van der Waals surface area contributed by atoms with Crippen LogP contribution in [0.1, 0.15) is 49.6 Å². The predicted octanol–water partition coefficient (Wildman–Crippen LogP) is 5.14. The average molecular weight is 469 g/mol. The molecule has 0 amide bonds. The number of nitrogens with zero attached hydrogens (tertiary/aromatic N) is 4. The molecule has 0 bridgehead atoms. The Bertz CT molecular complexity index is 1310. The predicted molar refractivity (Wildman–Crippen MR) is 131 cm³/mol. The molecule has 1 aromatic carbocycles. The highest BCUT2D eigenvalue weighted by Gasteiger charge is 2.29. The Labute approximate surface area is 195 Å². The maximum Gasteiger partial charge on any atom is 0.264 e. The number of aromatic nitrogens is 4. The van der Waals surface area contributed by atoms with Gasteiger partial charge in [-0.25, -0.2) is 4.40 Å². The van der Waals surface area contributed by atoms with Gasteiger partial charge in [0.25, 0.3) is 5.56 Å². The third kappa shape index (κ3) is 3.78. The number of ether oxygens (including phenoxy) is 1. The summed E-state index contributed by atoms with van der Waals surface area (Å²) < 4.78 is 10.0. The van der Waals surface area contributed by atoms with Gasteiger partial charge in [0, 0.05) is 17.1 Å². The summed E-state index contributed by atoms with van der Waals surface area (Å²) in [6.45, 7) is 7.59. The molecule has 4 heterocycles. The Balaban J connectivity index is 1.74. The van der Waals surface area contributed by atoms with E-state index in [1.54, 1.807) is 27.7 Å². The van der Waals surface area contributed by atoms with Crippen molar-refractivity contribution < 1.29 is 4.74 Å². The van der Waals surface area contributed by atoms with E-state index in [2.05, 4.69) is 35.4 Å². The van der Waals surface area contributed by atoms with Gasteiger partial charge in [-0.1, -0.05) is 69.3 Å². The molecule has 32 heavy (non-hydrogen) atoms. The Morgan fingerprint density at radius 1 is 1.25 bits per heavy atom. The highest BCUT2D eigenvalue weighted by Crippen LogP contribution is 2.37. The van der Waals surface area contributed by atoms with Crippen molar-refractivity contribution in [2.24, 2.45) is 5.92 Å². The van der Waals surface area contributed by atoms with Crippen LogP contribution in [-0.4, -0.2) is 31.0 Å². The van der Waals surface area contributed by atoms with E-state index in [9.17, 15) is 4.79 Å². The maximum atomic E-state index is 13.9. The van der Waals surface area contributed by atoms with Crippen molar-refractivity contribution in [3.05, 3.63) is 56.7 Å². The molecule has 0 N–H and O–H groups in total. The molecule has 5 rings (SSSR count). The average Bonchev–Trinajstić information content (AvgIpc) is 3.38.